The molecule has 1 N–H and O–H groups in total. The molecule has 0 saturated carbocycles. The number of benzene rings is 2. The third-order valence-corrected chi connectivity index (χ3v) is 4.08. The van der Waals surface area contributed by atoms with E-state index in [2.05, 4.69) is 43.4 Å². The Morgan fingerprint density at radius 1 is 1.24 bits per heavy atom. The lowest BCUT2D eigenvalue weighted by molar-refractivity contribution is 0.137. The van der Waals surface area contributed by atoms with Crippen LogP contribution in [0.3, 0.4) is 0 Å². The normalized spacial score (nSPS) is 15.4. The van der Waals surface area contributed by atoms with Crippen LogP contribution in [0.15, 0.2) is 36.4 Å². The van der Waals surface area contributed by atoms with Gasteiger partial charge in [-0.3, -0.25) is 0 Å². The molecular formula is C18H20ClNO. The standard InChI is InChI=1S/C18H20ClNO/c1-12-7-8-16(15(19)9-12)20-11-14-6-4-5-13-10-18(2,3)21-17(13)14/h4-9,20H,10-11H2,1-3H3. The minimum absolute atomic E-state index is 0.111. The zero-order chi connectivity index (χ0) is 15.0. The number of hydrogen-bond donors (Lipinski definition) is 1. The fraction of sp³-hybridized carbons (Fsp3) is 0.333. The summed E-state index contributed by atoms with van der Waals surface area (Å²) in [6.45, 7) is 7.00. The first-order valence-electron chi connectivity index (χ1n) is 7.24. The second-order valence-electron chi connectivity index (χ2n) is 6.28. The number of ether oxygens (including phenoxy) is 1. The first kappa shape index (κ1) is 14.3. The maximum atomic E-state index is 6.26. The smallest absolute Gasteiger partial charge is 0.128 e. The number of aryl methyl sites for hydroxylation is 1. The molecule has 0 aliphatic carbocycles. The monoisotopic (exact) mass is 301 g/mol. The van der Waals surface area contributed by atoms with E-state index in [0.717, 1.165) is 28.4 Å². The number of para-hydroxylation sites is 1. The van der Waals surface area contributed by atoms with E-state index in [4.69, 9.17) is 16.3 Å². The van der Waals surface area contributed by atoms with Crippen LogP contribution in [0.2, 0.25) is 5.02 Å². The van der Waals surface area contributed by atoms with Crippen molar-refractivity contribution in [2.45, 2.75) is 39.3 Å². The zero-order valence-electron chi connectivity index (χ0n) is 12.7. The van der Waals surface area contributed by atoms with E-state index in [-0.39, 0.29) is 5.60 Å². The average Bonchev–Trinajstić information content (AvgIpc) is 2.72. The van der Waals surface area contributed by atoms with Crippen LogP contribution in [0, 0.1) is 6.92 Å². The van der Waals surface area contributed by atoms with Crippen molar-refractivity contribution in [3.8, 4) is 5.75 Å². The summed E-state index contributed by atoms with van der Waals surface area (Å²) in [6, 6.07) is 12.4. The molecule has 0 radical (unpaired) electrons. The SMILES string of the molecule is Cc1ccc(NCc2cccc3c2OC(C)(C)C3)c(Cl)c1. The van der Waals surface area contributed by atoms with Crippen molar-refractivity contribution in [3.63, 3.8) is 0 Å². The van der Waals surface area contributed by atoms with Gasteiger partial charge in [0.1, 0.15) is 11.4 Å². The Bertz CT molecular complexity index is 679. The molecule has 0 unspecified atom stereocenters. The predicted molar refractivity (Wildman–Crippen MR) is 88.4 cm³/mol. The Hall–Kier alpha value is -1.67. The molecule has 0 spiro atoms. The zero-order valence-corrected chi connectivity index (χ0v) is 13.4. The molecule has 2 aromatic carbocycles. The highest BCUT2D eigenvalue weighted by Gasteiger charge is 2.31. The molecule has 0 saturated heterocycles. The summed E-state index contributed by atoms with van der Waals surface area (Å²) < 4.78 is 6.09. The molecule has 0 bridgehead atoms. The molecule has 0 fully saturated rings. The van der Waals surface area contributed by atoms with E-state index in [1.807, 2.05) is 19.1 Å². The van der Waals surface area contributed by atoms with Gasteiger partial charge in [0.05, 0.1) is 10.7 Å². The van der Waals surface area contributed by atoms with Gasteiger partial charge in [-0.25, -0.2) is 0 Å². The molecule has 0 atom stereocenters. The second-order valence-corrected chi connectivity index (χ2v) is 6.69. The van der Waals surface area contributed by atoms with Crippen molar-refractivity contribution < 1.29 is 4.74 Å². The first-order valence-corrected chi connectivity index (χ1v) is 7.62. The van der Waals surface area contributed by atoms with Crippen LogP contribution >= 0.6 is 11.6 Å². The highest BCUT2D eigenvalue weighted by atomic mass is 35.5. The Balaban J connectivity index is 1.80. The summed E-state index contributed by atoms with van der Waals surface area (Å²) in [7, 11) is 0. The number of anilines is 1. The number of hydrogen-bond acceptors (Lipinski definition) is 2. The third kappa shape index (κ3) is 3.01. The van der Waals surface area contributed by atoms with Gasteiger partial charge < -0.3 is 10.1 Å². The van der Waals surface area contributed by atoms with Crippen molar-refractivity contribution in [3.05, 3.63) is 58.1 Å². The predicted octanol–water partition coefficient (Wildman–Crippen LogP) is 4.97. The van der Waals surface area contributed by atoms with Gasteiger partial charge in [-0.05, 0) is 44.0 Å². The van der Waals surface area contributed by atoms with E-state index >= 15 is 0 Å². The molecule has 21 heavy (non-hydrogen) atoms. The molecule has 0 aromatic heterocycles. The maximum absolute atomic E-state index is 6.26. The quantitative estimate of drug-likeness (QED) is 0.864. The molecule has 3 rings (SSSR count). The van der Waals surface area contributed by atoms with Gasteiger partial charge in [-0.1, -0.05) is 35.9 Å². The summed E-state index contributed by atoms with van der Waals surface area (Å²) in [6.07, 6.45) is 0.960. The molecule has 2 nitrogen and oxygen atoms in total. The molecule has 110 valence electrons. The minimum Gasteiger partial charge on any atom is -0.487 e. The van der Waals surface area contributed by atoms with Gasteiger partial charge in [0.2, 0.25) is 0 Å². The van der Waals surface area contributed by atoms with Crippen molar-refractivity contribution in [1.82, 2.24) is 0 Å². The second kappa shape index (κ2) is 5.27. The van der Waals surface area contributed by atoms with Crippen LogP contribution < -0.4 is 10.1 Å². The topological polar surface area (TPSA) is 21.3 Å². The van der Waals surface area contributed by atoms with E-state index in [1.54, 1.807) is 0 Å². The number of rotatable bonds is 3. The molecule has 3 heteroatoms. The lowest BCUT2D eigenvalue weighted by Gasteiger charge is -2.18. The molecule has 1 aliphatic rings. The third-order valence-electron chi connectivity index (χ3n) is 3.77. The van der Waals surface area contributed by atoms with E-state index in [9.17, 15) is 0 Å². The van der Waals surface area contributed by atoms with Crippen LogP contribution in [0.1, 0.15) is 30.5 Å². The van der Waals surface area contributed by atoms with Crippen molar-refractivity contribution in [2.75, 3.05) is 5.32 Å². The van der Waals surface area contributed by atoms with Crippen LogP contribution in [0.4, 0.5) is 5.69 Å². The van der Waals surface area contributed by atoms with Crippen molar-refractivity contribution in [1.29, 1.82) is 0 Å². The van der Waals surface area contributed by atoms with Crippen molar-refractivity contribution >= 4 is 17.3 Å². The molecule has 0 amide bonds. The Morgan fingerprint density at radius 3 is 2.81 bits per heavy atom. The summed E-state index contributed by atoms with van der Waals surface area (Å²) in [4.78, 5) is 0. The fourth-order valence-electron chi connectivity index (χ4n) is 2.77. The summed E-state index contributed by atoms with van der Waals surface area (Å²) >= 11 is 6.26. The summed E-state index contributed by atoms with van der Waals surface area (Å²) in [5, 5.41) is 4.16. The Kier molecular flexibility index (Phi) is 3.58. The summed E-state index contributed by atoms with van der Waals surface area (Å²) in [5.74, 6) is 1.03. The Labute approximate surface area is 131 Å². The van der Waals surface area contributed by atoms with Gasteiger partial charge in [-0.15, -0.1) is 0 Å². The van der Waals surface area contributed by atoms with Crippen LogP contribution in [-0.4, -0.2) is 5.60 Å². The Morgan fingerprint density at radius 2 is 2.05 bits per heavy atom. The van der Waals surface area contributed by atoms with Gasteiger partial charge in [-0.2, -0.15) is 0 Å². The molecular weight excluding hydrogens is 282 g/mol. The number of fused-ring (bicyclic) bond motifs is 1. The van der Waals surface area contributed by atoms with E-state index in [0.29, 0.717) is 6.54 Å². The summed E-state index contributed by atoms with van der Waals surface area (Å²) in [5.41, 5.74) is 4.47. The minimum atomic E-state index is -0.111. The molecule has 1 aliphatic heterocycles. The van der Waals surface area contributed by atoms with Gasteiger partial charge in [0, 0.05) is 18.5 Å². The van der Waals surface area contributed by atoms with Gasteiger partial charge >= 0.3 is 0 Å². The maximum Gasteiger partial charge on any atom is 0.128 e. The lowest BCUT2D eigenvalue weighted by Crippen LogP contribution is -2.25. The highest BCUT2D eigenvalue weighted by molar-refractivity contribution is 6.33. The highest BCUT2D eigenvalue weighted by Crippen LogP contribution is 2.38. The van der Waals surface area contributed by atoms with Crippen LogP contribution in [0.25, 0.3) is 0 Å². The number of nitrogens with one attached hydrogen (secondary N) is 1. The van der Waals surface area contributed by atoms with Gasteiger partial charge in [0.15, 0.2) is 0 Å². The lowest BCUT2D eigenvalue weighted by atomic mass is 10.0. The van der Waals surface area contributed by atoms with Gasteiger partial charge in [0.25, 0.3) is 0 Å². The first-order chi connectivity index (χ1) is 9.94. The van der Waals surface area contributed by atoms with Crippen LogP contribution in [-0.2, 0) is 13.0 Å². The molecule has 1 heterocycles. The largest absolute Gasteiger partial charge is 0.487 e. The average molecular weight is 302 g/mol. The number of halogens is 1. The van der Waals surface area contributed by atoms with Crippen molar-refractivity contribution in [2.24, 2.45) is 0 Å². The van der Waals surface area contributed by atoms with E-state index < -0.39 is 0 Å². The van der Waals surface area contributed by atoms with E-state index in [1.165, 1.54) is 11.1 Å². The molecule has 2 aromatic rings. The fourth-order valence-corrected chi connectivity index (χ4v) is 3.07. The van der Waals surface area contributed by atoms with Crippen LogP contribution in [0.5, 0.6) is 5.75 Å².